The number of carbonyl (C=O) groups excluding carboxylic acids is 1. The molecular weight excluding hydrogens is 336 g/mol. The minimum absolute atomic E-state index is 0.0815. The first-order valence-corrected chi connectivity index (χ1v) is 9.04. The van der Waals surface area contributed by atoms with Crippen LogP contribution in [-0.2, 0) is 6.42 Å². The summed E-state index contributed by atoms with van der Waals surface area (Å²) in [7, 11) is 0. The van der Waals surface area contributed by atoms with Crippen LogP contribution in [0.5, 0.6) is 0 Å². The number of hydrogen-bond donors (Lipinski definition) is 1. The van der Waals surface area contributed by atoms with E-state index in [4.69, 9.17) is 4.52 Å². The lowest BCUT2D eigenvalue weighted by molar-refractivity contribution is 0.189. The van der Waals surface area contributed by atoms with Crippen molar-refractivity contribution in [3.63, 3.8) is 0 Å². The molecule has 1 aliphatic heterocycles. The van der Waals surface area contributed by atoms with Crippen molar-refractivity contribution in [2.24, 2.45) is 0 Å². The lowest BCUT2D eigenvalue weighted by atomic mass is 10.0. The number of carbonyl (C=O) groups is 1. The van der Waals surface area contributed by atoms with E-state index in [2.05, 4.69) is 33.8 Å². The second kappa shape index (κ2) is 6.33. The minimum atomic E-state index is -0.0919. The molecule has 2 amide bonds. The topological polar surface area (TPSA) is 71.3 Å². The Morgan fingerprint density at radius 3 is 3.08 bits per heavy atom. The highest BCUT2D eigenvalue weighted by Crippen LogP contribution is 2.33. The molecule has 3 heterocycles. The normalized spacial score (nSPS) is 16.6. The van der Waals surface area contributed by atoms with Crippen molar-refractivity contribution in [1.29, 1.82) is 0 Å². The first kappa shape index (κ1) is 15.8. The summed E-state index contributed by atoms with van der Waals surface area (Å²) in [4.78, 5) is 20.2. The molecule has 7 heteroatoms. The van der Waals surface area contributed by atoms with Crippen molar-refractivity contribution >= 4 is 23.1 Å². The number of thiophene rings is 1. The van der Waals surface area contributed by atoms with Gasteiger partial charge in [-0.05, 0) is 42.5 Å². The highest BCUT2D eigenvalue weighted by molar-refractivity contribution is 7.10. The zero-order chi connectivity index (χ0) is 17.4. The third-order valence-corrected chi connectivity index (χ3v) is 5.43. The summed E-state index contributed by atoms with van der Waals surface area (Å²) in [6.07, 6.45) is 0.910. The molecular formula is C18H18N4O2S. The minimum Gasteiger partial charge on any atom is -0.339 e. The highest BCUT2D eigenvalue weighted by Gasteiger charge is 2.28. The van der Waals surface area contributed by atoms with Gasteiger partial charge in [-0.1, -0.05) is 17.3 Å². The van der Waals surface area contributed by atoms with Crippen molar-refractivity contribution in [3.05, 3.63) is 52.0 Å². The van der Waals surface area contributed by atoms with Gasteiger partial charge in [-0.2, -0.15) is 4.98 Å². The maximum absolute atomic E-state index is 12.7. The highest BCUT2D eigenvalue weighted by atomic mass is 32.1. The van der Waals surface area contributed by atoms with Crippen LogP contribution in [0.25, 0.3) is 11.4 Å². The monoisotopic (exact) mass is 354 g/mol. The number of aromatic nitrogens is 2. The molecule has 128 valence electrons. The molecule has 1 aromatic carbocycles. The van der Waals surface area contributed by atoms with Gasteiger partial charge in [0.2, 0.25) is 11.7 Å². The van der Waals surface area contributed by atoms with Crippen LogP contribution in [0.4, 0.5) is 10.5 Å². The third-order valence-electron chi connectivity index (χ3n) is 4.44. The quantitative estimate of drug-likeness (QED) is 0.746. The second-order valence-electron chi connectivity index (χ2n) is 6.07. The molecule has 0 unspecified atom stereocenters. The number of fused-ring (bicyclic) bond motifs is 1. The summed E-state index contributed by atoms with van der Waals surface area (Å²) in [5, 5.41) is 9.00. The average Bonchev–Trinajstić information content (AvgIpc) is 3.24. The number of aryl methyl sites for hydroxylation is 1. The summed E-state index contributed by atoms with van der Waals surface area (Å²) in [5.41, 5.74) is 2.78. The largest absolute Gasteiger partial charge is 0.339 e. The molecule has 0 fully saturated rings. The van der Waals surface area contributed by atoms with E-state index in [0.29, 0.717) is 17.4 Å². The van der Waals surface area contributed by atoms with Crippen LogP contribution in [0.3, 0.4) is 0 Å². The fourth-order valence-electron chi connectivity index (χ4n) is 3.13. The maximum Gasteiger partial charge on any atom is 0.322 e. The molecule has 6 nitrogen and oxygen atoms in total. The standard InChI is InChI=1S/C18H18N4O2S/c1-11-15-7-9-25-16(15)6-8-22(11)18(23)20-14-5-3-4-13(10-14)17-19-12(2)24-21-17/h3-5,7,9-11H,6,8H2,1-2H3,(H,20,23)/t11-/m0/s1. The molecule has 0 aliphatic carbocycles. The lowest BCUT2D eigenvalue weighted by Gasteiger charge is -2.33. The smallest absolute Gasteiger partial charge is 0.322 e. The molecule has 1 N–H and O–H groups in total. The fourth-order valence-corrected chi connectivity index (χ4v) is 4.10. The Kier molecular flexibility index (Phi) is 4.01. The Hall–Kier alpha value is -2.67. The Labute approximate surface area is 149 Å². The molecule has 0 radical (unpaired) electrons. The summed E-state index contributed by atoms with van der Waals surface area (Å²) in [6.45, 7) is 4.55. The van der Waals surface area contributed by atoms with Crippen LogP contribution in [0.1, 0.15) is 29.3 Å². The zero-order valence-corrected chi connectivity index (χ0v) is 14.8. The van der Waals surface area contributed by atoms with Crippen LogP contribution < -0.4 is 5.32 Å². The molecule has 4 rings (SSSR count). The molecule has 0 saturated carbocycles. The van der Waals surface area contributed by atoms with E-state index < -0.39 is 0 Å². The SMILES string of the molecule is Cc1nc(-c2cccc(NC(=O)N3CCc4sccc4[C@@H]3C)c2)no1. The molecule has 0 bridgehead atoms. The van der Waals surface area contributed by atoms with Gasteiger partial charge >= 0.3 is 6.03 Å². The van der Waals surface area contributed by atoms with Gasteiger partial charge in [0.1, 0.15) is 0 Å². The first-order chi connectivity index (χ1) is 12.1. The van der Waals surface area contributed by atoms with Crippen molar-refractivity contribution in [3.8, 4) is 11.4 Å². The van der Waals surface area contributed by atoms with E-state index in [-0.39, 0.29) is 12.1 Å². The van der Waals surface area contributed by atoms with E-state index in [1.165, 1.54) is 10.4 Å². The van der Waals surface area contributed by atoms with Crippen molar-refractivity contribution in [2.75, 3.05) is 11.9 Å². The fraction of sp³-hybridized carbons (Fsp3) is 0.278. The number of anilines is 1. The molecule has 1 atom stereocenters. The van der Waals surface area contributed by atoms with E-state index in [9.17, 15) is 4.79 Å². The van der Waals surface area contributed by atoms with Crippen LogP contribution in [0.15, 0.2) is 40.2 Å². The van der Waals surface area contributed by atoms with Gasteiger partial charge in [0.15, 0.2) is 0 Å². The van der Waals surface area contributed by atoms with Crippen molar-refractivity contribution < 1.29 is 9.32 Å². The Morgan fingerprint density at radius 1 is 1.40 bits per heavy atom. The van der Waals surface area contributed by atoms with Crippen molar-refractivity contribution in [1.82, 2.24) is 15.0 Å². The van der Waals surface area contributed by atoms with Crippen LogP contribution in [-0.4, -0.2) is 27.6 Å². The number of urea groups is 1. The van der Waals surface area contributed by atoms with Gasteiger partial charge in [-0.25, -0.2) is 4.79 Å². The van der Waals surface area contributed by atoms with Crippen LogP contribution in [0, 0.1) is 6.92 Å². The summed E-state index contributed by atoms with van der Waals surface area (Å²) in [5.74, 6) is 1.03. The first-order valence-electron chi connectivity index (χ1n) is 8.16. The van der Waals surface area contributed by atoms with Gasteiger partial charge in [0.25, 0.3) is 0 Å². The summed E-state index contributed by atoms with van der Waals surface area (Å²) < 4.78 is 5.02. The second-order valence-corrected chi connectivity index (χ2v) is 7.07. The predicted octanol–water partition coefficient (Wildman–Crippen LogP) is 4.26. The van der Waals surface area contributed by atoms with Gasteiger partial charge in [-0.15, -0.1) is 11.3 Å². The van der Waals surface area contributed by atoms with Gasteiger partial charge < -0.3 is 14.7 Å². The summed E-state index contributed by atoms with van der Waals surface area (Å²) >= 11 is 1.77. The van der Waals surface area contributed by atoms with Crippen molar-refractivity contribution in [2.45, 2.75) is 26.3 Å². The number of nitrogens with zero attached hydrogens (tertiary/aromatic N) is 3. The Balaban J connectivity index is 1.52. The number of benzene rings is 1. The molecule has 25 heavy (non-hydrogen) atoms. The lowest BCUT2D eigenvalue weighted by Crippen LogP contribution is -2.40. The molecule has 1 aliphatic rings. The van der Waals surface area contributed by atoms with Crippen LogP contribution in [0.2, 0.25) is 0 Å². The van der Waals surface area contributed by atoms with Gasteiger partial charge in [-0.3, -0.25) is 0 Å². The third kappa shape index (κ3) is 3.02. The maximum atomic E-state index is 12.7. The molecule has 0 saturated heterocycles. The van der Waals surface area contributed by atoms with E-state index in [1.807, 2.05) is 29.2 Å². The number of rotatable bonds is 2. The van der Waals surface area contributed by atoms with E-state index in [0.717, 1.165) is 18.5 Å². The van der Waals surface area contributed by atoms with Gasteiger partial charge in [0.05, 0.1) is 6.04 Å². The van der Waals surface area contributed by atoms with Crippen LogP contribution >= 0.6 is 11.3 Å². The number of nitrogens with one attached hydrogen (secondary N) is 1. The Morgan fingerprint density at radius 2 is 2.28 bits per heavy atom. The predicted molar refractivity (Wildman–Crippen MR) is 96.6 cm³/mol. The van der Waals surface area contributed by atoms with E-state index in [1.54, 1.807) is 18.3 Å². The number of hydrogen-bond acceptors (Lipinski definition) is 5. The molecule has 0 spiro atoms. The zero-order valence-electron chi connectivity index (χ0n) is 14.0. The average molecular weight is 354 g/mol. The van der Waals surface area contributed by atoms with E-state index >= 15 is 0 Å². The Bertz CT molecular complexity index is 917. The van der Waals surface area contributed by atoms with Gasteiger partial charge in [0, 0.05) is 29.6 Å². The molecule has 3 aromatic rings. The number of amides is 2. The molecule has 2 aromatic heterocycles. The summed E-state index contributed by atoms with van der Waals surface area (Å²) in [6, 6.07) is 9.58.